The lowest BCUT2D eigenvalue weighted by molar-refractivity contribution is 0.0924. The molecule has 1 aliphatic rings. The van der Waals surface area contributed by atoms with Crippen LogP contribution in [0.1, 0.15) is 43.9 Å². The molecule has 0 amide bonds. The minimum atomic E-state index is -0.380. The molecule has 0 saturated carbocycles. The van der Waals surface area contributed by atoms with Gasteiger partial charge in [-0.1, -0.05) is 18.6 Å². The Morgan fingerprint density at radius 3 is 2.82 bits per heavy atom. The molecule has 0 saturated heterocycles. The average Bonchev–Trinajstić information content (AvgIpc) is 2.27. The van der Waals surface area contributed by atoms with E-state index in [-0.39, 0.29) is 6.10 Å². The zero-order valence-corrected chi connectivity index (χ0v) is 10.9. The molecule has 0 radical (unpaired) electrons. The van der Waals surface area contributed by atoms with E-state index in [2.05, 4.69) is 24.9 Å². The summed E-state index contributed by atoms with van der Waals surface area (Å²) < 4.78 is 0. The molecule has 2 heteroatoms. The van der Waals surface area contributed by atoms with Crippen molar-refractivity contribution in [2.75, 3.05) is 0 Å². The van der Waals surface area contributed by atoms with Crippen LogP contribution in [0.15, 0.2) is 30.1 Å². The van der Waals surface area contributed by atoms with Crippen molar-refractivity contribution in [1.82, 2.24) is 4.98 Å². The maximum absolute atomic E-state index is 10.5. The highest BCUT2D eigenvalue weighted by Gasteiger charge is 2.26. The van der Waals surface area contributed by atoms with Crippen LogP contribution in [-0.2, 0) is 0 Å². The van der Waals surface area contributed by atoms with Gasteiger partial charge in [0.05, 0.1) is 6.10 Å². The predicted octanol–water partition coefficient (Wildman–Crippen LogP) is 3.42. The van der Waals surface area contributed by atoms with E-state index in [4.69, 9.17) is 0 Å². The van der Waals surface area contributed by atoms with Crippen molar-refractivity contribution in [3.63, 3.8) is 0 Å². The maximum Gasteiger partial charge on any atom is 0.0838 e. The van der Waals surface area contributed by atoms with E-state index in [9.17, 15) is 5.11 Å². The summed E-state index contributed by atoms with van der Waals surface area (Å²) in [6.07, 6.45) is 7.58. The Hall–Kier alpha value is -1.15. The molecule has 0 bridgehead atoms. The third-order valence-corrected chi connectivity index (χ3v) is 3.67. The van der Waals surface area contributed by atoms with Crippen molar-refractivity contribution in [2.45, 2.75) is 39.7 Å². The Labute approximate surface area is 103 Å². The molecular weight excluding hydrogens is 210 g/mol. The first-order chi connectivity index (χ1) is 8.08. The molecule has 0 aliphatic heterocycles. The van der Waals surface area contributed by atoms with Crippen molar-refractivity contribution in [3.8, 4) is 0 Å². The van der Waals surface area contributed by atoms with Gasteiger partial charge in [0.15, 0.2) is 0 Å². The minimum absolute atomic E-state index is 0.331. The van der Waals surface area contributed by atoms with Gasteiger partial charge in [-0.05, 0) is 50.2 Å². The first-order valence-electron chi connectivity index (χ1n) is 6.33. The second-order valence-electron chi connectivity index (χ2n) is 5.37. The summed E-state index contributed by atoms with van der Waals surface area (Å²) in [4.78, 5) is 4.12. The highest BCUT2D eigenvalue weighted by atomic mass is 16.3. The van der Waals surface area contributed by atoms with Gasteiger partial charge in [0, 0.05) is 18.0 Å². The number of pyridine rings is 1. The number of hydrogen-bond acceptors (Lipinski definition) is 2. The van der Waals surface area contributed by atoms with Crippen molar-refractivity contribution in [2.24, 2.45) is 11.8 Å². The van der Waals surface area contributed by atoms with Crippen LogP contribution in [0, 0.1) is 18.8 Å². The fourth-order valence-electron chi connectivity index (χ4n) is 2.88. The monoisotopic (exact) mass is 231 g/mol. The Bertz CT molecular complexity index is 425. The number of rotatable bonds is 2. The fraction of sp³-hybridized carbons (Fsp3) is 0.533. The Morgan fingerprint density at radius 2 is 2.18 bits per heavy atom. The first-order valence-corrected chi connectivity index (χ1v) is 6.33. The van der Waals surface area contributed by atoms with Gasteiger partial charge in [0.25, 0.3) is 0 Å². The molecule has 1 aliphatic carbocycles. The van der Waals surface area contributed by atoms with E-state index >= 15 is 0 Å². The molecule has 3 unspecified atom stereocenters. The molecule has 2 nitrogen and oxygen atoms in total. The third kappa shape index (κ3) is 2.75. The van der Waals surface area contributed by atoms with Crippen molar-refractivity contribution in [1.29, 1.82) is 0 Å². The summed E-state index contributed by atoms with van der Waals surface area (Å²) in [5, 5.41) is 10.5. The van der Waals surface area contributed by atoms with Crippen LogP contribution in [0.2, 0.25) is 0 Å². The van der Waals surface area contributed by atoms with Gasteiger partial charge >= 0.3 is 0 Å². The van der Waals surface area contributed by atoms with Crippen molar-refractivity contribution in [3.05, 3.63) is 41.2 Å². The Morgan fingerprint density at radius 1 is 1.41 bits per heavy atom. The molecule has 0 aromatic carbocycles. The number of aliphatic hydroxyl groups is 1. The lowest BCUT2D eigenvalue weighted by Crippen LogP contribution is -2.20. The molecule has 1 heterocycles. The third-order valence-electron chi connectivity index (χ3n) is 3.67. The van der Waals surface area contributed by atoms with Crippen LogP contribution in [0.4, 0.5) is 0 Å². The second kappa shape index (κ2) is 5.01. The number of aryl methyl sites for hydroxylation is 1. The van der Waals surface area contributed by atoms with Crippen LogP contribution >= 0.6 is 0 Å². The quantitative estimate of drug-likeness (QED) is 0.791. The van der Waals surface area contributed by atoms with E-state index in [0.717, 1.165) is 24.0 Å². The van der Waals surface area contributed by atoms with Gasteiger partial charge < -0.3 is 5.11 Å². The summed E-state index contributed by atoms with van der Waals surface area (Å²) in [6.45, 7) is 6.42. The number of nitrogens with zero attached hydrogens (tertiary/aromatic N) is 1. The zero-order chi connectivity index (χ0) is 12.4. The molecule has 0 fully saturated rings. The van der Waals surface area contributed by atoms with Gasteiger partial charge in [-0.15, -0.1) is 0 Å². The number of allylic oxidation sites excluding steroid dienone is 2. The molecule has 17 heavy (non-hydrogen) atoms. The molecule has 1 aromatic rings. The van der Waals surface area contributed by atoms with E-state index in [1.165, 1.54) is 5.57 Å². The molecule has 3 atom stereocenters. The van der Waals surface area contributed by atoms with E-state index < -0.39 is 0 Å². The normalized spacial score (nSPS) is 26.5. The van der Waals surface area contributed by atoms with Crippen LogP contribution < -0.4 is 0 Å². The van der Waals surface area contributed by atoms with Gasteiger partial charge in [0.2, 0.25) is 0 Å². The lowest BCUT2D eigenvalue weighted by Gasteiger charge is -2.30. The average molecular weight is 231 g/mol. The van der Waals surface area contributed by atoms with Gasteiger partial charge in [-0.3, -0.25) is 4.98 Å². The SMILES string of the molecule is CC1=CC(C)CC(C(O)c2cnccc2C)C1. The highest BCUT2D eigenvalue weighted by molar-refractivity contribution is 5.25. The van der Waals surface area contributed by atoms with Crippen LogP contribution in [-0.4, -0.2) is 10.1 Å². The number of aromatic nitrogens is 1. The largest absolute Gasteiger partial charge is 0.388 e. The maximum atomic E-state index is 10.5. The van der Waals surface area contributed by atoms with Crippen molar-refractivity contribution < 1.29 is 5.11 Å². The van der Waals surface area contributed by atoms with Crippen LogP contribution in [0.3, 0.4) is 0 Å². The smallest absolute Gasteiger partial charge is 0.0838 e. The number of aliphatic hydroxyl groups excluding tert-OH is 1. The zero-order valence-electron chi connectivity index (χ0n) is 10.9. The second-order valence-corrected chi connectivity index (χ2v) is 5.37. The standard InChI is InChI=1S/C15H21NO/c1-10-6-11(2)8-13(7-10)15(17)14-9-16-5-4-12(14)3/h4-6,9-10,13,15,17H,7-8H2,1-3H3. The first kappa shape index (κ1) is 12.3. The van der Waals surface area contributed by atoms with Crippen LogP contribution in [0.25, 0.3) is 0 Å². The van der Waals surface area contributed by atoms with Gasteiger partial charge in [-0.25, -0.2) is 0 Å². The molecule has 0 spiro atoms. The molecule has 1 N–H and O–H groups in total. The van der Waals surface area contributed by atoms with E-state index in [1.807, 2.05) is 13.0 Å². The predicted molar refractivity (Wildman–Crippen MR) is 69.6 cm³/mol. The van der Waals surface area contributed by atoms with Gasteiger partial charge in [-0.2, -0.15) is 0 Å². The summed E-state index contributed by atoms with van der Waals surface area (Å²) in [5.41, 5.74) is 3.51. The summed E-state index contributed by atoms with van der Waals surface area (Å²) in [7, 11) is 0. The van der Waals surface area contributed by atoms with Crippen LogP contribution in [0.5, 0.6) is 0 Å². The van der Waals surface area contributed by atoms with E-state index in [0.29, 0.717) is 11.8 Å². The molecular formula is C15H21NO. The topological polar surface area (TPSA) is 33.1 Å². The molecule has 2 rings (SSSR count). The van der Waals surface area contributed by atoms with Crippen molar-refractivity contribution >= 4 is 0 Å². The summed E-state index contributed by atoms with van der Waals surface area (Å²) in [6, 6.07) is 1.97. The molecule has 92 valence electrons. The van der Waals surface area contributed by atoms with E-state index in [1.54, 1.807) is 12.4 Å². The Kier molecular flexibility index (Phi) is 3.63. The molecule has 1 aromatic heterocycles. The Balaban J connectivity index is 2.19. The fourth-order valence-corrected chi connectivity index (χ4v) is 2.88. The highest BCUT2D eigenvalue weighted by Crippen LogP contribution is 2.37. The van der Waals surface area contributed by atoms with Gasteiger partial charge in [0.1, 0.15) is 0 Å². The number of hydrogen-bond donors (Lipinski definition) is 1. The minimum Gasteiger partial charge on any atom is -0.388 e. The summed E-state index contributed by atoms with van der Waals surface area (Å²) >= 11 is 0. The lowest BCUT2D eigenvalue weighted by atomic mass is 9.78. The summed E-state index contributed by atoms with van der Waals surface area (Å²) in [5.74, 6) is 0.901.